The Morgan fingerprint density at radius 2 is 2.22 bits per heavy atom. The van der Waals surface area contributed by atoms with Gasteiger partial charge in [0.2, 0.25) is 0 Å². The van der Waals surface area contributed by atoms with Gasteiger partial charge in [-0.25, -0.2) is 0 Å². The van der Waals surface area contributed by atoms with Crippen molar-refractivity contribution in [2.24, 2.45) is 0 Å². The highest BCUT2D eigenvalue weighted by Crippen LogP contribution is 2.15. The second-order valence-electron chi connectivity index (χ2n) is 4.22. The highest BCUT2D eigenvalue weighted by Gasteiger charge is 2.16. The van der Waals surface area contributed by atoms with Gasteiger partial charge in [-0.1, -0.05) is 11.6 Å². The Bertz CT molecular complexity index is 388. The predicted molar refractivity (Wildman–Crippen MR) is 68.9 cm³/mol. The normalized spacial score (nSPS) is 19.3. The van der Waals surface area contributed by atoms with Crippen LogP contribution in [0, 0.1) is 0 Å². The summed E-state index contributed by atoms with van der Waals surface area (Å²) in [5.74, 6) is 0.509. The monoisotopic (exact) mass is 269 g/mol. The second kappa shape index (κ2) is 6.61. The first-order valence-corrected chi connectivity index (χ1v) is 6.37. The third kappa shape index (κ3) is 4.20. The van der Waals surface area contributed by atoms with Crippen molar-refractivity contribution in [3.63, 3.8) is 0 Å². The maximum Gasteiger partial charge on any atom is 0.258 e. The minimum Gasteiger partial charge on any atom is -0.484 e. The molecule has 1 aliphatic rings. The molecule has 1 aromatic carbocycles. The molecule has 0 aromatic heterocycles. The maximum absolute atomic E-state index is 11.6. The summed E-state index contributed by atoms with van der Waals surface area (Å²) in [6.45, 7) is 1.39. The molecule has 1 aliphatic heterocycles. The van der Waals surface area contributed by atoms with Crippen LogP contribution in [0.15, 0.2) is 24.3 Å². The van der Waals surface area contributed by atoms with Crippen LogP contribution in [-0.2, 0) is 9.53 Å². The first-order valence-electron chi connectivity index (χ1n) is 5.99. The van der Waals surface area contributed by atoms with Crippen LogP contribution in [0.1, 0.15) is 12.8 Å². The molecule has 98 valence electrons. The van der Waals surface area contributed by atoms with E-state index in [2.05, 4.69) is 5.32 Å². The summed E-state index contributed by atoms with van der Waals surface area (Å²) in [6.07, 6.45) is 1.95. The van der Waals surface area contributed by atoms with E-state index < -0.39 is 0 Å². The number of halogens is 1. The summed E-state index contributed by atoms with van der Waals surface area (Å²) in [5, 5.41) is 3.53. The number of hydrogen-bond acceptors (Lipinski definition) is 3. The molecule has 1 N–H and O–H groups in total. The third-order valence-corrected chi connectivity index (χ3v) is 2.96. The lowest BCUT2D eigenvalue weighted by atomic mass is 10.1. The molecule has 0 saturated carbocycles. The first-order chi connectivity index (χ1) is 8.74. The summed E-state index contributed by atoms with van der Waals surface area (Å²) >= 11 is 5.75. The molecule has 1 saturated heterocycles. The first kappa shape index (κ1) is 13.2. The molecule has 2 rings (SSSR count). The second-order valence-corrected chi connectivity index (χ2v) is 4.66. The van der Waals surface area contributed by atoms with E-state index in [1.54, 1.807) is 24.3 Å². The lowest BCUT2D eigenvalue weighted by Crippen LogP contribution is -2.42. The molecule has 0 spiro atoms. The van der Waals surface area contributed by atoms with Gasteiger partial charge in [-0.2, -0.15) is 0 Å². The zero-order chi connectivity index (χ0) is 12.8. The van der Waals surface area contributed by atoms with Gasteiger partial charge in [-0.15, -0.1) is 0 Å². The Balaban J connectivity index is 1.72. The zero-order valence-electron chi connectivity index (χ0n) is 10.0. The highest BCUT2D eigenvalue weighted by atomic mass is 35.5. The SMILES string of the molecule is O=C(COc1ccc(Cl)cc1)N[C@@H]1CCCOC1. The van der Waals surface area contributed by atoms with Crippen molar-refractivity contribution >= 4 is 17.5 Å². The maximum atomic E-state index is 11.6. The summed E-state index contributed by atoms with van der Waals surface area (Å²) in [4.78, 5) is 11.6. The molecular weight excluding hydrogens is 254 g/mol. The van der Waals surface area contributed by atoms with E-state index in [0.29, 0.717) is 17.4 Å². The number of nitrogens with one attached hydrogen (secondary N) is 1. The van der Waals surface area contributed by atoms with Crippen LogP contribution in [0.3, 0.4) is 0 Å². The van der Waals surface area contributed by atoms with E-state index in [0.717, 1.165) is 19.4 Å². The molecule has 0 unspecified atom stereocenters. The molecule has 1 fully saturated rings. The third-order valence-electron chi connectivity index (χ3n) is 2.71. The molecule has 18 heavy (non-hydrogen) atoms. The van der Waals surface area contributed by atoms with Crippen LogP contribution >= 0.6 is 11.6 Å². The Hall–Kier alpha value is -1.26. The van der Waals surface area contributed by atoms with Crippen LogP contribution in [0.5, 0.6) is 5.75 Å². The van der Waals surface area contributed by atoms with Crippen LogP contribution in [-0.4, -0.2) is 31.8 Å². The van der Waals surface area contributed by atoms with E-state index in [1.807, 2.05) is 0 Å². The minimum absolute atomic E-state index is 0.0120. The van der Waals surface area contributed by atoms with Gasteiger partial charge in [0.05, 0.1) is 12.6 Å². The summed E-state index contributed by atoms with van der Waals surface area (Å²) < 4.78 is 10.6. The molecule has 0 aliphatic carbocycles. The smallest absolute Gasteiger partial charge is 0.258 e. The fraction of sp³-hybridized carbons (Fsp3) is 0.462. The average molecular weight is 270 g/mol. The van der Waals surface area contributed by atoms with Crippen molar-refractivity contribution in [1.29, 1.82) is 0 Å². The quantitative estimate of drug-likeness (QED) is 0.910. The number of benzene rings is 1. The van der Waals surface area contributed by atoms with Gasteiger partial charge in [0.15, 0.2) is 6.61 Å². The van der Waals surface area contributed by atoms with Gasteiger partial charge in [-0.05, 0) is 37.1 Å². The van der Waals surface area contributed by atoms with Gasteiger partial charge in [0.25, 0.3) is 5.91 Å². The number of carbonyl (C=O) groups excluding carboxylic acids is 1. The van der Waals surface area contributed by atoms with Gasteiger partial charge in [0.1, 0.15) is 5.75 Å². The largest absolute Gasteiger partial charge is 0.484 e. The van der Waals surface area contributed by atoms with Gasteiger partial charge in [-0.3, -0.25) is 4.79 Å². The minimum atomic E-state index is -0.125. The standard InChI is InChI=1S/C13H16ClNO3/c14-10-3-5-12(6-4-10)18-9-13(16)15-11-2-1-7-17-8-11/h3-6,11H,1-2,7-9H2,(H,15,16)/t11-/m1/s1. The summed E-state index contributed by atoms with van der Waals surface area (Å²) in [7, 11) is 0. The Kier molecular flexibility index (Phi) is 4.84. The molecule has 1 heterocycles. The van der Waals surface area contributed by atoms with Crippen molar-refractivity contribution in [3.8, 4) is 5.75 Å². The highest BCUT2D eigenvalue weighted by molar-refractivity contribution is 6.30. The molecule has 4 nitrogen and oxygen atoms in total. The van der Waals surface area contributed by atoms with Gasteiger partial charge in [0, 0.05) is 11.6 Å². The zero-order valence-corrected chi connectivity index (χ0v) is 10.8. The molecule has 1 amide bonds. The van der Waals surface area contributed by atoms with Gasteiger partial charge >= 0.3 is 0 Å². The molecule has 1 atom stereocenters. The van der Waals surface area contributed by atoms with Crippen molar-refractivity contribution in [2.45, 2.75) is 18.9 Å². The number of ether oxygens (including phenoxy) is 2. The fourth-order valence-electron chi connectivity index (χ4n) is 1.80. The van der Waals surface area contributed by atoms with E-state index >= 15 is 0 Å². The van der Waals surface area contributed by atoms with Crippen LogP contribution in [0.4, 0.5) is 0 Å². The van der Waals surface area contributed by atoms with E-state index in [9.17, 15) is 4.79 Å². The summed E-state index contributed by atoms with van der Waals surface area (Å²) in [5.41, 5.74) is 0. The van der Waals surface area contributed by atoms with E-state index in [-0.39, 0.29) is 18.6 Å². The number of rotatable bonds is 4. The van der Waals surface area contributed by atoms with Crippen LogP contribution < -0.4 is 10.1 Å². The van der Waals surface area contributed by atoms with Crippen molar-refractivity contribution < 1.29 is 14.3 Å². The Labute approximate surface area is 111 Å². The van der Waals surface area contributed by atoms with Crippen molar-refractivity contribution in [1.82, 2.24) is 5.32 Å². The summed E-state index contributed by atoms with van der Waals surface area (Å²) in [6, 6.07) is 7.03. The molecule has 0 bridgehead atoms. The molecule has 1 aromatic rings. The van der Waals surface area contributed by atoms with Crippen molar-refractivity contribution in [3.05, 3.63) is 29.3 Å². The van der Waals surface area contributed by atoms with Crippen LogP contribution in [0.25, 0.3) is 0 Å². The van der Waals surface area contributed by atoms with Crippen molar-refractivity contribution in [2.75, 3.05) is 19.8 Å². The number of hydrogen-bond donors (Lipinski definition) is 1. The van der Waals surface area contributed by atoms with E-state index in [1.165, 1.54) is 0 Å². The van der Waals surface area contributed by atoms with Crippen LogP contribution in [0.2, 0.25) is 5.02 Å². The lowest BCUT2D eigenvalue weighted by molar-refractivity contribution is -0.124. The molecule has 5 heteroatoms. The number of amides is 1. The topological polar surface area (TPSA) is 47.6 Å². The predicted octanol–water partition coefficient (Wildman–Crippen LogP) is 2.01. The van der Waals surface area contributed by atoms with E-state index in [4.69, 9.17) is 21.1 Å². The van der Waals surface area contributed by atoms with Gasteiger partial charge < -0.3 is 14.8 Å². The fourth-order valence-corrected chi connectivity index (χ4v) is 1.93. The lowest BCUT2D eigenvalue weighted by Gasteiger charge is -2.23. The molecular formula is C13H16ClNO3. The Morgan fingerprint density at radius 1 is 1.44 bits per heavy atom. The Morgan fingerprint density at radius 3 is 2.89 bits per heavy atom. The average Bonchev–Trinajstić information content (AvgIpc) is 2.39. The molecule has 0 radical (unpaired) electrons. The number of carbonyl (C=O) groups is 1.